The molecule has 0 aromatic carbocycles. The van der Waals surface area contributed by atoms with Crippen LogP contribution in [0.15, 0.2) is 0 Å². The summed E-state index contributed by atoms with van der Waals surface area (Å²) in [6, 6.07) is 0. The lowest BCUT2D eigenvalue weighted by atomic mass is 10.0. The van der Waals surface area contributed by atoms with Crippen LogP contribution in [0.2, 0.25) is 0 Å². The van der Waals surface area contributed by atoms with Gasteiger partial charge in [-0.2, -0.15) is 0 Å². The molecule has 18 heavy (non-hydrogen) atoms. The number of carbonyl (C=O) groups excluding carboxylic acids is 2. The van der Waals surface area contributed by atoms with Gasteiger partial charge < -0.3 is 4.74 Å². The number of Topliss-reactive ketones (excluding diaryl/α,β-unsaturated/α-hetero) is 2. The monoisotopic (exact) mass is 254 g/mol. The van der Waals surface area contributed by atoms with Gasteiger partial charge in [-0.25, -0.2) is 0 Å². The first-order valence-corrected chi connectivity index (χ1v) is 7.40. The van der Waals surface area contributed by atoms with Gasteiger partial charge in [0.15, 0.2) is 5.78 Å². The van der Waals surface area contributed by atoms with E-state index < -0.39 is 0 Å². The fraction of sp³-hybridized carbons (Fsp3) is 0.867. The molecule has 0 N–H and O–H groups in total. The van der Waals surface area contributed by atoms with Gasteiger partial charge in [0, 0.05) is 25.9 Å². The van der Waals surface area contributed by atoms with E-state index in [1.807, 2.05) is 0 Å². The molecular weight excluding hydrogens is 228 g/mol. The summed E-state index contributed by atoms with van der Waals surface area (Å²) in [5, 5.41) is 0. The second kappa shape index (κ2) is 10.2. The van der Waals surface area contributed by atoms with Crippen LogP contribution in [-0.4, -0.2) is 24.8 Å². The van der Waals surface area contributed by atoms with Gasteiger partial charge in [0.2, 0.25) is 0 Å². The molecule has 1 rings (SSSR count). The summed E-state index contributed by atoms with van der Waals surface area (Å²) < 4.78 is 5.34. The third kappa shape index (κ3) is 8.40. The average molecular weight is 254 g/mol. The molecule has 1 aliphatic heterocycles. The predicted molar refractivity (Wildman–Crippen MR) is 71.6 cm³/mol. The number of hydrogen-bond acceptors (Lipinski definition) is 3. The lowest BCUT2D eigenvalue weighted by Gasteiger charge is -2.06. The largest absolute Gasteiger partial charge is 0.374 e. The highest BCUT2D eigenvalue weighted by molar-refractivity contribution is 5.79. The van der Waals surface area contributed by atoms with Crippen LogP contribution in [0.3, 0.4) is 0 Å². The summed E-state index contributed by atoms with van der Waals surface area (Å²) in [5.74, 6) is 0.649. The van der Waals surface area contributed by atoms with Crippen molar-refractivity contribution in [1.82, 2.24) is 0 Å². The van der Waals surface area contributed by atoms with Gasteiger partial charge >= 0.3 is 0 Å². The van der Waals surface area contributed by atoms with Crippen LogP contribution in [0, 0.1) is 0 Å². The number of ketones is 2. The van der Waals surface area contributed by atoms with Crippen molar-refractivity contribution in [2.24, 2.45) is 0 Å². The zero-order chi connectivity index (χ0) is 13.1. The molecule has 104 valence electrons. The molecule has 0 aromatic heterocycles. The van der Waals surface area contributed by atoms with E-state index in [0.29, 0.717) is 18.8 Å². The van der Waals surface area contributed by atoms with E-state index in [1.165, 1.54) is 0 Å². The lowest BCUT2D eigenvalue weighted by molar-refractivity contribution is -0.123. The maximum Gasteiger partial charge on any atom is 0.158 e. The Kier molecular flexibility index (Phi) is 8.74. The molecule has 0 aromatic rings. The molecule has 0 bridgehead atoms. The number of ether oxygens (including phenoxy) is 1. The van der Waals surface area contributed by atoms with Crippen molar-refractivity contribution in [2.45, 2.75) is 70.6 Å². The van der Waals surface area contributed by atoms with Crippen LogP contribution in [-0.2, 0) is 14.3 Å². The van der Waals surface area contributed by atoms with Crippen molar-refractivity contribution in [1.29, 1.82) is 0 Å². The quantitative estimate of drug-likeness (QED) is 0.665. The van der Waals surface area contributed by atoms with Crippen molar-refractivity contribution in [2.75, 3.05) is 13.2 Å². The standard InChI is InChI=1S/C15H26O3/c16-14-9-5-2-1-3-6-11-15(17)13-18-12-8-4-7-10-14/h1-13H2. The maximum atomic E-state index is 11.5. The van der Waals surface area contributed by atoms with Gasteiger partial charge in [-0.05, 0) is 25.7 Å². The number of hydrogen-bond donors (Lipinski definition) is 0. The van der Waals surface area contributed by atoms with E-state index in [2.05, 4.69) is 0 Å². The zero-order valence-corrected chi connectivity index (χ0v) is 11.4. The third-order valence-corrected chi connectivity index (χ3v) is 3.42. The first-order valence-electron chi connectivity index (χ1n) is 7.40. The summed E-state index contributed by atoms with van der Waals surface area (Å²) in [6.07, 6.45) is 10.4. The highest BCUT2D eigenvalue weighted by Crippen LogP contribution is 2.11. The van der Waals surface area contributed by atoms with Crippen LogP contribution in [0.25, 0.3) is 0 Å². The molecule has 0 aliphatic carbocycles. The second-order valence-corrected chi connectivity index (χ2v) is 5.21. The van der Waals surface area contributed by atoms with Crippen LogP contribution in [0.1, 0.15) is 70.6 Å². The molecule has 3 nitrogen and oxygen atoms in total. The normalized spacial score (nSPS) is 22.9. The van der Waals surface area contributed by atoms with Gasteiger partial charge in [0.1, 0.15) is 12.4 Å². The zero-order valence-electron chi connectivity index (χ0n) is 11.4. The Hall–Kier alpha value is -0.700. The van der Waals surface area contributed by atoms with E-state index in [0.717, 1.165) is 64.2 Å². The Morgan fingerprint density at radius 2 is 1.11 bits per heavy atom. The summed E-state index contributed by atoms with van der Waals surface area (Å²) >= 11 is 0. The smallest absolute Gasteiger partial charge is 0.158 e. The Labute approximate surface area is 110 Å². The van der Waals surface area contributed by atoms with Crippen molar-refractivity contribution in [3.63, 3.8) is 0 Å². The van der Waals surface area contributed by atoms with Crippen molar-refractivity contribution in [3.05, 3.63) is 0 Å². The minimum Gasteiger partial charge on any atom is -0.374 e. The topological polar surface area (TPSA) is 43.4 Å². The van der Waals surface area contributed by atoms with Crippen LogP contribution >= 0.6 is 0 Å². The van der Waals surface area contributed by atoms with E-state index >= 15 is 0 Å². The van der Waals surface area contributed by atoms with E-state index in [4.69, 9.17) is 4.74 Å². The molecule has 0 amide bonds. The summed E-state index contributed by atoms with van der Waals surface area (Å²) in [4.78, 5) is 23.0. The molecule has 3 heteroatoms. The molecule has 1 fully saturated rings. The van der Waals surface area contributed by atoms with Crippen molar-refractivity contribution in [3.8, 4) is 0 Å². The van der Waals surface area contributed by atoms with Crippen LogP contribution < -0.4 is 0 Å². The fourth-order valence-electron chi connectivity index (χ4n) is 2.26. The molecular formula is C15H26O3. The third-order valence-electron chi connectivity index (χ3n) is 3.42. The van der Waals surface area contributed by atoms with Crippen LogP contribution in [0.5, 0.6) is 0 Å². The molecule has 0 radical (unpaired) electrons. The SMILES string of the molecule is O=C1CCCCCCCC(=O)COCCCCC1. The average Bonchev–Trinajstić information content (AvgIpc) is 2.35. The highest BCUT2D eigenvalue weighted by Gasteiger charge is 2.05. The molecule has 1 saturated heterocycles. The van der Waals surface area contributed by atoms with Crippen molar-refractivity contribution >= 4 is 11.6 Å². The predicted octanol–water partition coefficient (Wildman–Crippen LogP) is 3.45. The minimum atomic E-state index is 0.234. The lowest BCUT2D eigenvalue weighted by Crippen LogP contribution is -2.09. The fourth-order valence-corrected chi connectivity index (χ4v) is 2.26. The molecule has 1 heterocycles. The first kappa shape index (κ1) is 15.4. The van der Waals surface area contributed by atoms with E-state index in [-0.39, 0.29) is 12.4 Å². The molecule has 0 saturated carbocycles. The van der Waals surface area contributed by atoms with Gasteiger partial charge in [-0.15, -0.1) is 0 Å². The summed E-state index contributed by atoms with van der Waals surface area (Å²) in [7, 11) is 0. The Morgan fingerprint density at radius 1 is 0.611 bits per heavy atom. The Morgan fingerprint density at radius 3 is 1.78 bits per heavy atom. The summed E-state index contributed by atoms with van der Waals surface area (Å²) in [5.41, 5.74) is 0. The summed E-state index contributed by atoms with van der Waals surface area (Å²) in [6.45, 7) is 0.929. The maximum absolute atomic E-state index is 11.5. The van der Waals surface area contributed by atoms with Gasteiger partial charge in [-0.1, -0.05) is 25.7 Å². The van der Waals surface area contributed by atoms with Gasteiger partial charge in [0.05, 0.1) is 0 Å². The number of carbonyl (C=O) groups is 2. The molecule has 1 aliphatic rings. The first-order chi connectivity index (χ1) is 8.79. The Bertz CT molecular complexity index is 202. The second-order valence-electron chi connectivity index (χ2n) is 5.21. The van der Waals surface area contributed by atoms with Crippen LogP contribution in [0.4, 0.5) is 0 Å². The van der Waals surface area contributed by atoms with Gasteiger partial charge in [0.25, 0.3) is 0 Å². The van der Waals surface area contributed by atoms with E-state index in [1.54, 1.807) is 0 Å². The number of rotatable bonds is 0. The molecule has 0 spiro atoms. The van der Waals surface area contributed by atoms with Crippen molar-refractivity contribution < 1.29 is 14.3 Å². The Balaban J connectivity index is 2.21. The molecule has 0 unspecified atom stereocenters. The van der Waals surface area contributed by atoms with E-state index in [9.17, 15) is 9.59 Å². The molecule has 0 atom stereocenters. The highest BCUT2D eigenvalue weighted by atomic mass is 16.5. The van der Waals surface area contributed by atoms with Gasteiger partial charge in [-0.3, -0.25) is 9.59 Å². The minimum absolute atomic E-state index is 0.234.